The average Bonchev–Trinajstić information content (AvgIpc) is 2.25. The lowest BCUT2D eigenvalue weighted by molar-refractivity contribution is 1.19. The fourth-order valence-electron chi connectivity index (χ4n) is 1.62. The van der Waals surface area contributed by atoms with Gasteiger partial charge in [0.25, 0.3) is 0 Å². The molecule has 2 aromatic carbocycles. The smallest absolute Gasteiger partial charge is 0.0444 e. The lowest BCUT2D eigenvalue weighted by Crippen LogP contribution is -1.89. The molecule has 0 heterocycles. The van der Waals surface area contributed by atoms with E-state index in [0.717, 1.165) is 22.0 Å². The van der Waals surface area contributed by atoms with Crippen molar-refractivity contribution in [3.63, 3.8) is 0 Å². The molecule has 2 heteroatoms. The zero-order chi connectivity index (χ0) is 11.5. The van der Waals surface area contributed by atoms with E-state index < -0.39 is 0 Å². The van der Waals surface area contributed by atoms with E-state index in [0.29, 0.717) is 0 Å². The first-order valence-electron chi connectivity index (χ1n) is 5.14. The van der Waals surface area contributed by atoms with Crippen LogP contribution in [-0.2, 0) is 6.42 Å². The van der Waals surface area contributed by atoms with Crippen LogP contribution < -0.4 is 0 Å². The molecule has 0 fully saturated rings. The number of rotatable bonds is 2. The second-order valence-electron chi connectivity index (χ2n) is 3.90. The predicted molar refractivity (Wildman–Crippen MR) is 70.4 cm³/mol. The zero-order valence-electron chi connectivity index (χ0n) is 9.00. The molecule has 2 rings (SSSR count). The third-order valence-electron chi connectivity index (χ3n) is 2.52. The minimum absolute atomic E-state index is 0.763. The standard InChI is InChI=1S/C14H12Cl2/c1-10-2-5-12(14(16)8-10)9-11-3-6-13(15)7-4-11/h2-8H,9H2,1H3. The van der Waals surface area contributed by atoms with E-state index in [1.807, 2.05) is 37.3 Å². The van der Waals surface area contributed by atoms with Crippen LogP contribution in [0.2, 0.25) is 10.0 Å². The van der Waals surface area contributed by atoms with Crippen molar-refractivity contribution in [3.8, 4) is 0 Å². The van der Waals surface area contributed by atoms with Crippen molar-refractivity contribution in [1.29, 1.82) is 0 Å². The van der Waals surface area contributed by atoms with Gasteiger partial charge < -0.3 is 0 Å². The summed E-state index contributed by atoms with van der Waals surface area (Å²) in [7, 11) is 0. The van der Waals surface area contributed by atoms with Gasteiger partial charge in [0.05, 0.1) is 0 Å². The van der Waals surface area contributed by atoms with Gasteiger partial charge in [-0.05, 0) is 48.2 Å². The van der Waals surface area contributed by atoms with Crippen LogP contribution >= 0.6 is 23.2 Å². The summed E-state index contributed by atoms with van der Waals surface area (Å²) in [6, 6.07) is 14.0. The molecular formula is C14H12Cl2. The topological polar surface area (TPSA) is 0 Å². The summed E-state index contributed by atoms with van der Waals surface area (Å²) in [6.45, 7) is 2.04. The maximum atomic E-state index is 6.18. The molecule has 2 aromatic rings. The Labute approximate surface area is 106 Å². The molecule has 0 N–H and O–H groups in total. The van der Waals surface area contributed by atoms with Crippen LogP contribution in [0.4, 0.5) is 0 Å². The van der Waals surface area contributed by atoms with Crippen LogP contribution in [0, 0.1) is 6.92 Å². The van der Waals surface area contributed by atoms with Gasteiger partial charge in [0, 0.05) is 10.0 Å². The maximum absolute atomic E-state index is 6.18. The highest BCUT2D eigenvalue weighted by molar-refractivity contribution is 6.31. The molecule has 0 amide bonds. The minimum Gasteiger partial charge on any atom is -0.0843 e. The van der Waals surface area contributed by atoms with Gasteiger partial charge >= 0.3 is 0 Å². The maximum Gasteiger partial charge on any atom is 0.0444 e. The second-order valence-corrected chi connectivity index (χ2v) is 4.74. The summed E-state index contributed by atoms with van der Waals surface area (Å²) in [4.78, 5) is 0. The third kappa shape index (κ3) is 2.78. The molecule has 0 saturated carbocycles. The van der Waals surface area contributed by atoms with Crippen molar-refractivity contribution < 1.29 is 0 Å². The Morgan fingerprint density at radius 1 is 0.938 bits per heavy atom. The van der Waals surface area contributed by atoms with E-state index in [2.05, 4.69) is 12.1 Å². The lowest BCUT2D eigenvalue weighted by atomic mass is 10.0. The van der Waals surface area contributed by atoms with Gasteiger partial charge in [0.2, 0.25) is 0 Å². The normalized spacial score (nSPS) is 10.4. The van der Waals surface area contributed by atoms with Crippen LogP contribution in [0.3, 0.4) is 0 Å². The van der Waals surface area contributed by atoms with Crippen molar-refractivity contribution in [2.24, 2.45) is 0 Å². The van der Waals surface area contributed by atoms with Crippen LogP contribution in [-0.4, -0.2) is 0 Å². The average molecular weight is 251 g/mol. The second kappa shape index (κ2) is 4.90. The first-order chi connectivity index (χ1) is 7.65. The van der Waals surface area contributed by atoms with Crippen molar-refractivity contribution >= 4 is 23.2 Å². The Bertz CT molecular complexity index is 487. The number of benzene rings is 2. The highest BCUT2D eigenvalue weighted by Gasteiger charge is 2.02. The van der Waals surface area contributed by atoms with E-state index in [-0.39, 0.29) is 0 Å². The van der Waals surface area contributed by atoms with Crippen LogP contribution in [0.15, 0.2) is 42.5 Å². The molecule has 0 bridgehead atoms. The Morgan fingerprint density at radius 2 is 1.62 bits per heavy atom. The van der Waals surface area contributed by atoms with E-state index in [9.17, 15) is 0 Å². The molecule has 0 saturated heterocycles. The van der Waals surface area contributed by atoms with Gasteiger partial charge in [-0.15, -0.1) is 0 Å². The highest BCUT2D eigenvalue weighted by atomic mass is 35.5. The summed E-state index contributed by atoms with van der Waals surface area (Å²) in [5.41, 5.74) is 3.55. The van der Waals surface area contributed by atoms with Crippen molar-refractivity contribution in [2.45, 2.75) is 13.3 Å². The van der Waals surface area contributed by atoms with Crippen LogP contribution in [0.25, 0.3) is 0 Å². The molecule has 0 atom stereocenters. The van der Waals surface area contributed by atoms with Crippen LogP contribution in [0.1, 0.15) is 16.7 Å². The predicted octanol–water partition coefficient (Wildman–Crippen LogP) is 4.89. The Kier molecular flexibility index (Phi) is 3.52. The van der Waals surface area contributed by atoms with Crippen molar-refractivity contribution in [3.05, 3.63) is 69.2 Å². The van der Waals surface area contributed by atoms with Crippen molar-refractivity contribution in [2.75, 3.05) is 0 Å². The quantitative estimate of drug-likeness (QED) is 0.712. The molecule has 0 aliphatic heterocycles. The zero-order valence-corrected chi connectivity index (χ0v) is 10.5. The largest absolute Gasteiger partial charge is 0.0843 e. The van der Waals surface area contributed by atoms with Gasteiger partial charge in [-0.2, -0.15) is 0 Å². The van der Waals surface area contributed by atoms with Crippen LogP contribution in [0.5, 0.6) is 0 Å². The molecular weight excluding hydrogens is 239 g/mol. The summed E-state index contributed by atoms with van der Waals surface area (Å²) < 4.78 is 0. The number of hydrogen-bond acceptors (Lipinski definition) is 0. The fourth-order valence-corrected chi connectivity index (χ4v) is 2.05. The van der Waals surface area contributed by atoms with E-state index in [1.165, 1.54) is 11.1 Å². The molecule has 0 aromatic heterocycles. The molecule has 16 heavy (non-hydrogen) atoms. The molecule has 82 valence electrons. The van der Waals surface area contributed by atoms with Gasteiger partial charge in [-0.25, -0.2) is 0 Å². The summed E-state index contributed by atoms with van der Waals surface area (Å²) in [5, 5.41) is 1.59. The SMILES string of the molecule is Cc1ccc(Cc2ccc(Cl)cc2)c(Cl)c1. The molecule has 0 nitrogen and oxygen atoms in total. The number of halogens is 2. The Balaban J connectivity index is 2.23. The molecule has 0 aliphatic rings. The van der Waals surface area contributed by atoms with Gasteiger partial charge in [0.15, 0.2) is 0 Å². The van der Waals surface area contributed by atoms with Gasteiger partial charge in [-0.1, -0.05) is 47.5 Å². The molecule has 0 unspecified atom stereocenters. The minimum atomic E-state index is 0.763. The summed E-state index contributed by atoms with van der Waals surface area (Å²) >= 11 is 12.0. The fraction of sp³-hybridized carbons (Fsp3) is 0.143. The highest BCUT2D eigenvalue weighted by Crippen LogP contribution is 2.21. The van der Waals surface area contributed by atoms with E-state index >= 15 is 0 Å². The van der Waals surface area contributed by atoms with Crippen molar-refractivity contribution in [1.82, 2.24) is 0 Å². The first-order valence-corrected chi connectivity index (χ1v) is 5.90. The monoisotopic (exact) mass is 250 g/mol. The molecule has 0 spiro atoms. The number of aryl methyl sites for hydroxylation is 1. The molecule has 0 aliphatic carbocycles. The Hall–Kier alpha value is -0.980. The first kappa shape index (κ1) is 11.5. The lowest BCUT2D eigenvalue weighted by Gasteiger charge is -2.05. The van der Waals surface area contributed by atoms with E-state index in [1.54, 1.807) is 0 Å². The van der Waals surface area contributed by atoms with E-state index in [4.69, 9.17) is 23.2 Å². The Morgan fingerprint density at radius 3 is 2.25 bits per heavy atom. The summed E-state index contributed by atoms with van der Waals surface area (Å²) in [5.74, 6) is 0. The van der Waals surface area contributed by atoms with Gasteiger partial charge in [0.1, 0.15) is 0 Å². The number of hydrogen-bond donors (Lipinski definition) is 0. The molecule has 0 radical (unpaired) electrons. The third-order valence-corrected chi connectivity index (χ3v) is 3.12. The summed E-state index contributed by atoms with van der Waals surface area (Å²) in [6.07, 6.45) is 0.844. The van der Waals surface area contributed by atoms with Gasteiger partial charge in [-0.3, -0.25) is 0 Å².